The molecule has 0 aliphatic rings. The molecule has 0 atom stereocenters. The summed E-state index contributed by atoms with van der Waals surface area (Å²) in [4.78, 5) is 15.1. The summed E-state index contributed by atoms with van der Waals surface area (Å²) in [7, 11) is -2.48. The standard InChI is InChI=1S/C18H17ClN2O5S/c1-26-13-5-3-6-14(11-13)27(24,25)21-12(4-2-7-18(22)23)10-15-16(21)8-9-17(19)20-15/h3,5-6,8-11H,2,4,7H2,1H3,(H,22,23). The number of hydrogen-bond donors (Lipinski definition) is 1. The van der Waals surface area contributed by atoms with E-state index in [2.05, 4.69) is 4.98 Å². The van der Waals surface area contributed by atoms with Gasteiger partial charge in [0.05, 0.1) is 23.0 Å². The number of halogens is 1. The number of aryl methyl sites for hydroxylation is 1. The first-order valence-electron chi connectivity index (χ1n) is 8.11. The Hall–Kier alpha value is -2.58. The molecule has 0 fully saturated rings. The van der Waals surface area contributed by atoms with Gasteiger partial charge in [-0.2, -0.15) is 0 Å². The van der Waals surface area contributed by atoms with E-state index in [-0.39, 0.29) is 22.9 Å². The van der Waals surface area contributed by atoms with E-state index >= 15 is 0 Å². The van der Waals surface area contributed by atoms with Crippen LogP contribution < -0.4 is 4.74 Å². The maximum absolute atomic E-state index is 13.3. The van der Waals surface area contributed by atoms with Gasteiger partial charge in [0.25, 0.3) is 10.0 Å². The lowest BCUT2D eigenvalue weighted by Gasteiger charge is -2.12. The summed E-state index contributed by atoms with van der Waals surface area (Å²) in [5.41, 5.74) is 1.26. The highest BCUT2D eigenvalue weighted by Gasteiger charge is 2.24. The van der Waals surface area contributed by atoms with Crippen LogP contribution in [0.2, 0.25) is 5.15 Å². The average Bonchev–Trinajstić information content (AvgIpc) is 2.99. The molecule has 2 aromatic heterocycles. The van der Waals surface area contributed by atoms with Gasteiger partial charge >= 0.3 is 5.97 Å². The first-order chi connectivity index (χ1) is 12.8. The van der Waals surface area contributed by atoms with Crippen molar-refractivity contribution in [3.05, 3.63) is 53.3 Å². The van der Waals surface area contributed by atoms with E-state index < -0.39 is 16.0 Å². The molecule has 0 aliphatic heterocycles. The molecular formula is C18H17ClN2O5S. The van der Waals surface area contributed by atoms with Crippen LogP contribution in [-0.4, -0.2) is 35.6 Å². The zero-order chi connectivity index (χ0) is 19.6. The fraction of sp³-hybridized carbons (Fsp3) is 0.222. The first-order valence-corrected chi connectivity index (χ1v) is 9.93. The molecule has 3 rings (SSSR count). The number of carboxylic acid groups (broad SMARTS) is 1. The monoisotopic (exact) mass is 408 g/mol. The van der Waals surface area contributed by atoms with E-state index in [1.54, 1.807) is 24.3 Å². The average molecular weight is 409 g/mol. The minimum atomic E-state index is -3.94. The quantitative estimate of drug-likeness (QED) is 0.602. The second-order valence-corrected chi connectivity index (χ2v) is 8.04. The molecule has 0 saturated heterocycles. The highest BCUT2D eigenvalue weighted by Crippen LogP contribution is 2.28. The van der Waals surface area contributed by atoms with E-state index in [1.807, 2.05) is 0 Å². The van der Waals surface area contributed by atoms with Crippen LogP contribution in [0.5, 0.6) is 5.75 Å². The third kappa shape index (κ3) is 3.91. The van der Waals surface area contributed by atoms with Gasteiger partial charge in [0.1, 0.15) is 10.9 Å². The van der Waals surface area contributed by atoms with Crippen molar-refractivity contribution in [1.82, 2.24) is 8.96 Å². The second kappa shape index (κ2) is 7.58. The maximum Gasteiger partial charge on any atom is 0.303 e. The van der Waals surface area contributed by atoms with E-state index in [1.165, 1.54) is 29.3 Å². The topological polar surface area (TPSA) is 98.5 Å². The number of aliphatic carboxylic acids is 1. The Balaban J connectivity index is 2.16. The predicted molar refractivity (Wildman–Crippen MR) is 101 cm³/mol. The zero-order valence-electron chi connectivity index (χ0n) is 14.4. The lowest BCUT2D eigenvalue weighted by Crippen LogP contribution is -2.16. The molecule has 0 aliphatic carbocycles. The third-order valence-corrected chi connectivity index (χ3v) is 6.03. The van der Waals surface area contributed by atoms with Crippen molar-refractivity contribution < 1.29 is 23.1 Å². The first kappa shape index (κ1) is 19.2. The summed E-state index contributed by atoms with van der Waals surface area (Å²) in [6.45, 7) is 0. The van der Waals surface area contributed by atoms with Gasteiger partial charge in [-0.05, 0) is 43.2 Å². The number of ether oxygens (including phenoxy) is 1. The third-order valence-electron chi connectivity index (χ3n) is 4.05. The number of hydrogen-bond acceptors (Lipinski definition) is 5. The number of carbonyl (C=O) groups is 1. The zero-order valence-corrected chi connectivity index (χ0v) is 16.0. The van der Waals surface area contributed by atoms with Crippen molar-refractivity contribution in [3.8, 4) is 5.75 Å². The highest BCUT2D eigenvalue weighted by molar-refractivity contribution is 7.90. The van der Waals surface area contributed by atoms with Gasteiger partial charge in [-0.1, -0.05) is 17.7 Å². The van der Waals surface area contributed by atoms with Crippen LogP contribution in [0, 0.1) is 0 Å². The van der Waals surface area contributed by atoms with Crippen LogP contribution in [0.3, 0.4) is 0 Å². The number of aromatic nitrogens is 2. The maximum atomic E-state index is 13.3. The molecule has 0 radical (unpaired) electrons. The van der Waals surface area contributed by atoms with Crippen LogP contribution >= 0.6 is 11.6 Å². The molecule has 3 aromatic rings. The molecule has 2 heterocycles. The molecule has 27 heavy (non-hydrogen) atoms. The molecule has 9 heteroatoms. The fourth-order valence-electron chi connectivity index (χ4n) is 2.84. The van der Waals surface area contributed by atoms with Crippen LogP contribution in [0.15, 0.2) is 47.4 Å². The number of methoxy groups -OCH3 is 1. The Morgan fingerprint density at radius 3 is 2.74 bits per heavy atom. The molecule has 0 amide bonds. The minimum absolute atomic E-state index is 0.0606. The summed E-state index contributed by atoms with van der Waals surface area (Å²) in [5, 5.41) is 9.11. The smallest absolute Gasteiger partial charge is 0.303 e. The number of rotatable bonds is 7. The van der Waals surface area contributed by atoms with Gasteiger partial charge in [-0.25, -0.2) is 17.4 Å². The molecule has 142 valence electrons. The number of benzene rings is 1. The normalized spacial score (nSPS) is 11.6. The number of nitrogens with zero attached hydrogens (tertiary/aromatic N) is 2. The van der Waals surface area contributed by atoms with Crippen LogP contribution in [0.1, 0.15) is 18.5 Å². The molecule has 0 unspecified atom stereocenters. The van der Waals surface area contributed by atoms with E-state index in [4.69, 9.17) is 21.4 Å². The van der Waals surface area contributed by atoms with Crippen molar-refractivity contribution >= 4 is 38.6 Å². The van der Waals surface area contributed by atoms with Crippen molar-refractivity contribution in [3.63, 3.8) is 0 Å². The largest absolute Gasteiger partial charge is 0.497 e. The van der Waals surface area contributed by atoms with Crippen molar-refractivity contribution in [1.29, 1.82) is 0 Å². The molecule has 7 nitrogen and oxygen atoms in total. The summed E-state index contributed by atoms with van der Waals surface area (Å²) >= 11 is 5.93. The summed E-state index contributed by atoms with van der Waals surface area (Å²) in [5.74, 6) is -0.518. The van der Waals surface area contributed by atoms with Gasteiger partial charge < -0.3 is 9.84 Å². The Morgan fingerprint density at radius 1 is 1.26 bits per heavy atom. The summed E-state index contributed by atoms with van der Waals surface area (Å²) < 4.78 is 32.9. The molecule has 0 bridgehead atoms. The lowest BCUT2D eigenvalue weighted by atomic mass is 10.2. The Labute approximate surface area is 161 Å². The number of carboxylic acids is 1. The molecular weight excluding hydrogens is 392 g/mol. The summed E-state index contributed by atoms with van der Waals surface area (Å²) in [6.07, 6.45) is 0.505. The lowest BCUT2D eigenvalue weighted by molar-refractivity contribution is -0.137. The highest BCUT2D eigenvalue weighted by atomic mass is 35.5. The van der Waals surface area contributed by atoms with Crippen LogP contribution in [0.25, 0.3) is 11.0 Å². The van der Waals surface area contributed by atoms with E-state index in [0.29, 0.717) is 28.9 Å². The van der Waals surface area contributed by atoms with Gasteiger partial charge in [-0.3, -0.25) is 4.79 Å². The molecule has 0 spiro atoms. The van der Waals surface area contributed by atoms with Gasteiger partial charge in [0.15, 0.2) is 0 Å². The SMILES string of the molecule is COc1cccc(S(=O)(=O)n2c(CCCC(=O)O)cc3nc(Cl)ccc32)c1. The number of fused-ring (bicyclic) bond motifs is 1. The van der Waals surface area contributed by atoms with Crippen LogP contribution in [-0.2, 0) is 21.2 Å². The molecule has 1 N–H and O–H groups in total. The summed E-state index contributed by atoms with van der Waals surface area (Å²) in [6, 6.07) is 10.9. The van der Waals surface area contributed by atoms with Crippen molar-refractivity contribution in [2.75, 3.05) is 7.11 Å². The Morgan fingerprint density at radius 2 is 2.04 bits per heavy atom. The number of pyridine rings is 1. The molecule has 0 saturated carbocycles. The van der Waals surface area contributed by atoms with Crippen LogP contribution in [0.4, 0.5) is 0 Å². The van der Waals surface area contributed by atoms with E-state index in [9.17, 15) is 13.2 Å². The van der Waals surface area contributed by atoms with Crippen molar-refractivity contribution in [2.45, 2.75) is 24.2 Å². The van der Waals surface area contributed by atoms with E-state index in [0.717, 1.165) is 0 Å². The predicted octanol–water partition coefficient (Wildman–Crippen LogP) is 3.34. The van der Waals surface area contributed by atoms with Crippen molar-refractivity contribution in [2.24, 2.45) is 0 Å². The van der Waals surface area contributed by atoms with Gasteiger partial charge in [0.2, 0.25) is 0 Å². The van der Waals surface area contributed by atoms with Gasteiger partial charge in [0, 0.05) is 18.2 Å². The minimum Gasteiger partial charge on any atom is -0.497 e. The fourth-order valence-corrected chi connectivity index (χ4v) is 4.58. The molecule has 1 aromatic carbocycles. The Kier molecular flexibility index (Phi) is 5.38. The Bertz CT molecular complexity index is 1110. The second-order valence-electron chi connectivity index (χ2n) is 5.87. The van der Waals surface area contributed by atoms with Gasteiger partial charge in [-0.15, -0.1) is 0 Å².